The number of nitrogens with zero attached hydrogens (tertiary/aromatic N) is 1. The van der Waals surface area contributed by atoms with Crippen LogP contribution in [0.4, 0.5) is 17.6 Å². The fourth-order valence-corrected chi connectivity index (χ4v) is 6.33. The van der Waals surface area contributed by atoms with Crippen LogP contribution >= 0.6 is 0 Å². The maximum Gasteiger partial charge on any atom is 0.350 e. The van der Waals surface area contributed by atoms with Gasteiger partial charge in [0.25, 0.3) is 10.0 Å². The van der Waals surface area contributed by atoms with Crippen molar-refractivity contribution in [3.8, 4) is 11.1 Å². The van der Waals surface area contributed by atoms with Crippen LogP contribution in [0.5, 0.6) is 0 Å². The maximum absolute atomic E-state index is 15.6. The highest BCUT2D eigenvalue weighted by atomic mass is 32.2. The number of carbonyl (C=O) groups excluding carboxylic acids is 1. The van der Waals surface area contributed by atoms with E-state index in [0.29, 0.717) is 24.0 Å². The molecule has 3 fully saturated rings. The van der Waals surface area contributed by atoms with Gasteiger partial charge in [-0.25, -0.2) is 21.9 Å². The average molecular weight is 511 g/mol. The zero-order valence-corrected chi connectivity index (χ0v) is 19.7. The minimum Gasteiger partial charge on any atom is -0.337 e. The summed E-state index contributed by atoms with van der Waals surface area (Å²) in [5.74, 6) is -4.99. The first-order valence-corrected chi connectivity index (χ1v) is 13.2. The number of halogens is 4. The molecule has 2 aromatic carbocycles. The molecule has 0 bridgehead atoms. The van der Waals surface area contributed by atoms with Gasteiger partial charge in [-0.05, 0) is 43.2 Å². The van der Waals surface area contributed by atoms with Crippen LogP contribution < -0.4 is 4.72 Å². The van der Waals surface area contributed by atoms with E-state index in [9.17, 15) is 26.4 Å². The second-order valence-corrected chi connectivity index (χ2v) is 11.6. The van der Waals surface area contributed by atoms with E-state index in [0.717, 1.165) is 0 Å². The largest absolute Gasteiger partial charge is 0.350 e. The first-order chi connectivity index (χ1) is 16.6. The first kappa shape index (κ1) is 24.2. The predicted molar refractivity (Wildman–Crippen MR) is 122 cm³/mol. The van der Waals surface area contributed by atoms with Crippen molar-refractivity contribution in [2.24, 2.45) is 11.3 Å². The van der Waals surface area contributed by atoms with E-state index in [1.54, 1.807) is 42.5 Å². The first-order valence-electron chi connectivity index (χ1n) is 11.7. The monoisotopic (exact) mass is 510 g/mol. The van der Waals surface area contributed by atoms with Crippen LogP contribution in [0, 0.1) is 17.2 Å². The van der Waals surface area contributed by atoms with Gasteiger partial charge in [-0.1, -0.05) is 48.5 Å². The van der Waals surface area contributed by atoms with Gasteiger partial charge in [0, 0.05) is 29.5 Å². The van der Waals surface area contributed by atoms with Crippen molar-refractivity contribution in [1.29, 1.82) is 0 Å². The van der Waals surface area contributed by atoms with E-state index in [4.69, 9.17) is 0 Å². The highest BCUT2D eigenvalue weighted by Crippen LogP contribution is 2.56. The number of sulfonamides is 1. The van der Waals surface area contributed by atoms with Gasteiger partial charge in [0.2, 0.25) is 5.91 Å². The van der Waals surface area contributed by atoms with Crippen molar-refractivity contribution in [1.82, 2.24) is 9.62 Å². The lowest BCUT2D eigenvalue weighted by Gasteiger charge is -2.36. The molecule has 1 aliphatic heterocycles. The highest BCUT2D eigenvalue weighted by molar-refractivity contribution is 7.89. The quantitative estimate of drug-likeness (QED) is 0.566. The molecule has 5 rings (SSSR count). The third-order valence-corrected chi connectivity index (χ3v) is 8.71. The second kappa shape index (κ2) is 8.89. The Morgan fingerprint density at radius 3 is 2.37 bits per heavy atom. The topological polar surface area (TPSA) is 66.5 Å². The fourth-order valence-electron chi connectivity index (χ4n) is 5.46. The number of rotatable bonds is 7. The Balaban J connectivity index is 1.50. The summed E-state index contributed by atoms with van der Waals surface area (Å²) in [6, 6.07) is 11.9. The molecule has 1 N–H and O–H groups in total. The van der Waals surface area contributed by atoms with Gasteiger partial charge in [0.05, 0.1) is 6.04 Å². The van der Waals surface area contributed by atoms with Gasteiger partial charge in [-0.2, -0.15) is 8.78 Å². The van der Waals surface area contributed by atoms with Crippen molar-refractivity contribution in [2.45, 2.75) is 56.1 Å². The molecule has 10 heteroatoms. The summed E-state index contributed by atoms with van der Waals surface area (Å²) in [6.45, 7) is 0.181. The third-order valence-electron chi connectivity index (χ3n) is 7.65. The lowest BCUT2D eigenvalue weighted by molar-refractivity contribution is -0.141. The molecule has 1 heterocycles. The molecule has 1 amide bonds. The van der Waals surface area contributed by atoms with Crippen molar-refractivity contribution in [3.63, 3.8) is 0 Å². The number of hydrogen-bond acceptors (Lipinski definition) is 3. The molecule has 0 aromatic heterocycles. The molecular formula is C25H26F4N2O3S. The van der Waals surface area contributed by atoms with Crippen LogP contribution in [0.2, 0.25) is 0 Å². The summed E-state index contributed by atoms with van der Waals surface area (Å²) in [4.78, 5) is 14.7. The zero-order valence-electron chi connectivity index (χ0n) is 18.8. The molecule has 0 radical (unpaired) electrons. The lowest BCUT2D eigenvalue weighted by atomic mass is 9.82. The number of benzene rings is 2. The van der Waals surface area contributed by atoms with Gasteiger partial charge >= 0.3 is 5.76 Å². The molecule has 1 spiro atoms. The van der Waals surface area contributed by atoms with E-state index >= 15 is 4.39 Å². The summed E-state index contributed by atoms with van der Waals surface area (Å²) in [7, 11) is -4.94. The SMILES string of the molecule is O=C([C@H]1C[C@@H](F)C1)N1CC2(CC2)[C@H](NS(=O)(=O)C(F)F)[C@@H]1Cc1cccc(-c2ccccc2)c1F. The smallest absolute Gasteiger partial charge is 0.337 e. The zero-order chi connectivity index (χ0) is 25.0. The number of amides is 1. The molecule has 2 aliphatic carbocycles. The van der Waals surface area contributed by atoms with Crippen LogP contribution in [0.25, 0.3) is 11.1 Å². The number of alkyl halides is 3. The van der Waals surface area contributed by atoms with E-state index in [-0.39, 0.29) is 37.3 Å². The standard InChI is InChI=1S/C25H26F4N2O3S/c26-18-11-17(12-18)23(32)31-14-25(9-10-25)22(30-35(33,34)24(28)29)20(31)13-16-7-4-8-19(21(16)27)15-5-2-1-3-6-15/h1-8,17-18,20,22,24,30H,9-14H2/t17-,18+,20-,22+/m0/s1. The molecule has 2 saturated carbocycles. The van der Waals surface area contributed by atoms with Gasteiger partial charge in [-0.3, -0.25) is 4.79 Å². The van der Waals surface area contributed by atoms with E-state index in [2.05, 4.69) is 4.72 Å². The Bertz CT molecular complexity index is 1210. The van der Waals surface area contributed by atoms with Crippen LogP contribution in [0.15, 0.2) is 48.5 Å². The molecule has 5 nitrogen and oxygen atoms in total. The van der Waals surface area contributed by atoms with Gasteiger partial charge in [0.1, 0.15) is 12.0 Å². The Hall–Kier alpha value is -2.46. The van der Waals surface area contributed by atoms with Crippen molar-refractivity contribution in [3.05, 3.63) is 59.9 Å². The van der Waals surface area contributed by atoms with E-state index in [1.807, 2.05) is 6.07 Å². The lowest BCUT2D eigenvalue weighted by Crippen LogP contribution is -2.52. The minimum atomic E-state index is -4.94. The highest BCUT2D eigenvalue weighted by Gasteiger charge is 2.62. The van der Waals surface area contributed by atoms with Gasteiger partial charge < -0.3 is 4.90 Å². The van der Waals surface area contributed by atoms with E-state index in [1.165, 1.54) is 4.90 Å². The summed E-state index contributed by atoms with van der Waals surface area (Å²) in [5.41, 5.74) is 0.590. The summed E-state index contributed by atoms with van der Waals surface area (Å²) < 4.78 is 82.0. The van der Waals surface area contributed by atoms with Crippen molar-refractivity contribution >= 4 is 15.9 Å². The van der Waals surface area contributed by atoms with Crippen LogP contribution in [-0.2, 0) is 21.2 Å². The molecular weight excluding hydrogens is 484 g/mol. The number of hydrogen-bond donors (Lipinski definition) is 1. The predicted octanol–water partition coefficient (Wildman–Crippen LogP) is 4.28. The molecule has 3 aliphatic rings. The summed E-state index contributed by atoms with van der Waals surface area (Å²) in [6.07, 6.45) is 0.176. The fraction of sp³-hybridized carbons (Fsp3) is 0.480. The van der Waals surface area contributed by atoms with Crippen molar-refractivity contribution in [2.75, 3.05) is 6.54 Å². The molecule has 0 unspecified atom stereocenters. The molecule has 188 valence electrons. The summed E-state index contributed by atoms with van der Waals surface area (Å²) in [5, 5.41) is 0. The molecule has 2 aromatic rings. The van der Waals surface area contributed by atoms with Crippen LogP contribution in [0.1, 0.15) is 31.2 Å². The number of likely N-dealkylation sites (tertiary alicyclic amines) is 1. The van der Waals surface area contributed by atoms with Crippen LogP contribution in [0.3, 0.4) is 0 Å². The molecule has 1 saturated heterocycles. The molecule has 35 heavy (non-hydrogen) atoms. The maximum atomic E-state index is 15.6. The van der Waals surface area contributed by atoms with Gasteiger partial charge in [-0.15, -0.1) is 0 Å². The van der Waals surface area contributed by atoms with E-state index < -0.39 is 51.2 Å². The average Bonchev–Trinajstić information content (AvgIpc) is 3.53. The molecule has 2 atom stereocenters. The second-order valence-electron chi connectivity index (χ2n) is 9.91. The minimum absolute atomic E-state index is 0.0534. The number of carbonyl (C=O) groups is 1. The summed E-state index contributed by atoms with van der Waals surface area (Å²) >= 11 is 0. The van der Waals surface area contributed by atoms with Crippen molar-refractivity contribution < 1.29 is 30.8 Å². The Kier molecular flexibility index (Phi) is 6.15. The third kappa shape index (κ3) is 4.46. The van der Waals surface area contributed by atoms with Gasteiger partial charge in [0.15, 0.2) is 0 Å². The Morgan fingerprint density at radius 2 is 1.77 bits per heavy atom. The Morgan fingerprint density at radius 1 is 1.09 bits per heavy atom. The normalized spacial score (nSPS) is 27.3. The Labute approximate surface area is 201 Å². The number of nitrogens with one attached hydrogen (secondary N) is 1. The van der Waals surface area contributed by atoms with Crippen LogP contribution in [-0.4, -0.2) is 49.8 Å².